The molecule has 116 valence electrons. The Morgan fingerprint density at radius 2 is 2.19 bits per heavy atom. The highest BCUT2D eigenvalue weighted by Gasteiger charge is 2.30. The van der Waals surface area contributed by atoms with Crippen LogP contribution in [0.25, 0.3) is 0 Å². The number of carbonyl (C=O) groups excluding carboxylic acids is 1. The topological polar surface area (TPSA) is 132 Å². The fourth-order valence-electron chi connectivity index (χ4n) is 2.35. The van der Waals surface area contributed by atoms with Gasteiger partial charge in [-0.2, -0.15) is 15.0 Å². The summed E-state index contributed by atoms with van der Waals surface area (Å²) in [5, 5.41) is 0. The minimum Gasteiger partial charge on any atom is -0.464 e. The first-order chi connectivity index (χ1) is 10.0. The number of nitrogens with zero attached hydrogens (tertiary/aromatic N) is 4. The maximum Gasteiger partial charge on any atom is 0.323 e. The minimum absolute atomic E-state index is 0.197. The molecule has 1 aromatic heterocycles. The van der Waals surface area contributed by atoms with Crippen LogP contribution in [0.4, 0.5) is 11.9 Å². The lowest BCUT2D eigenvalue weighted by Gasteiger charge is -2.36. The van der Waals surface area contributed by atoms with E-state index < -0.39 is 0 Å². The molecule has 1 aromatic rings. The Balaban J connectivity index is 2.29. The van der Waals surface area contributed by atoms with Crippen molar-refractivity contribution in [3.63, 3.8) is 0 Å². The second kappa shape index (κ2) is 6.53. The molecule has 0 aromatic carbocycles. The normalized spacial score (nSPS) is 22.0. The van der Waals surface area contributed by atoms with Gasteiger partial charge >= 0.3 is 6.01 Å². The smallest absolute Gasteiger partial charge is 0.323 e. The Morgan fingerprint density at radius 3 is 2.81 bits per heavy atom. The van der Waals surface area contributed by atoms with Crippen molar-refractivity contribution in [1.29, 1.82) is 0 Å². The Kier molecular flexibility index (Phi) is 4.73. The van der Waals surface area contributed by atoms with E-state index in [2.05, 4.69) is 27.3 Å². The van der Waals surface area contributed by atoms with Crippen LogP contribution in [0.5, 0.6) is 6.01 Å². The molecule has 0 aliphatic carbocycles. The zero-order valence-corrected chi connectivity index (χ0v) is 12.2. The third-order valence-corrected chi connectivity index (χ3v) is 3.55. The molecule has 0 bridgehead atoms. The third-order valence-electron chi connectivity index (χ3n) is 3.55. The first-order valence-electron chi connectivity index (χ1n) is 6.96. The SMILES string of the molecule is CCOc1nc(NN)nc(N2CC(C(N)=O)CCC2C)n1. The van der Waals surface area contributed by atoms with Gasteiger partial charge in [-0.3, -0.25) is 10.2 Å². The molecule has 9 heteroatoms. The summed E-state index contributed by atoms with van der Waals surface area (Å²) in [6, 6.07) is 0.395. The molecular weight excluding hydrogens is 274 g/mol. The number of nitrogens with one attached hydrogen (secondary N) is 1. The average molecular weight is 295 g/mol. The number of rotatable bonds is 5. The standard InChI is InChI=1S/C12H21N7O2/c1-3-21-12-16-10(18-14)15-11(17-12)19-6-8(9(13)20)5-4-7(19)2/h7-8H,3-6,14H2,1-2H3,(H2,13,20)(H,15,16,17,18). The van der Waals surface area contributed by atoms with E-state index in [1.54, 1.807) is 0 Å². The van der Waals surface area contributed by atoms with Gasteiger partial charge in [-0.15, -0.1) is 0 Å². The molecule has 0 saturated carbocycles. The van der Waals surface area contributed by atoms with Crippen LogP contribution in [0.3, 0.4) is 0 Å². The molecule has 0 spiro atoms. The van der Waals surface area contributed by atoms with E-state index in [0.29, 0.717) is 19.1 Å². The average Bonchev–Trinajstić information content (AvgIpc) is 2.47. The second-order valence-corrected chi connectivity index (χ2v) is 5.00. The lowest BCUT2D eigenvalue weighted by molar-refractivity contribution is -0.122. The van der Waals surface area contributed by atoms with Gasteiger partial charge in [0.05, 0.1) is 12.5 Å². The van der Waals surface area contributed by atoms with E-state index in [4.69, 9.17) is 16.3 Å². The number of amides is 1. The van der Waals surface area contributed by atoms with Gasteiger partial charge in [0.25, 0.3) is 0 Å². The van der Waals surface area contributed by atoms with Crippen LogP contribution >= 0.6 is 0 Å². The predicted molar refractivity (Wildman–Crippen MR) is 77.5 cm³/mol. The molecule has 0 radical (unpaired) electrons. The van der Waals surface area contributed by atoms with Gasteiger partial charge in [0.2, 0.25) is 17.8 Å². The van der Waals surface area contributed by atoms with E-state index in [9.17, 15) is 4.79 Å². The van der Waals surface area contributed by atoms with Gasteiger partial charge in [-0.25, -0.2) is 5.84 Å². The van der Waals surface area contributed by atoms with Gasteiger partial charge in [-0.05, 0) is 26.7 Å². The number of aromatic nitrogens is 3. The van der Waals surface area contributed by atoms with Gasteiger partial charge in [-0.1, -0.05) is 0 Å². The fourth-order valence-corrected chi connectivity index (χ4v) is 2.35. The number of nitrogens with two attached hydrogens (primary N) is 2. The van der Waals surface area contributed by atoms with Crippen molar-refractivity contribution in [1.82, 2.24) is 15.0 Å². The van der Waals surface area contributed by atoms with Crippen molar-refractivity contribution in [3.05, 3.63) is 0 Å². The number of ether oxygens (including phenoxy) is 1. The van der Waals surface area contributed by atoms with E-state index >= 15 is 0 Å². The second-order valence-electron chi connectivity index (χ2n) is 5.00. The van der Waals surface area contributed by atoms with Crippen LogP contribution in [0.1, 0.15) is 26.7 Å². The number of primary amides is 1. The zero-order valence-electron chi connectivity index (χ0n) is 12.2. The number of nitrogen functional groups attached to an aromatic ring is 1. The number of hydrazine groups is 1. The monoisotopic (exact) mass is 295 g/mol. The summed E-state index contributed by atoms with van der Waals surface area (Å²) < 4.78 is 5.31. The van der Waals surface area contributed by atoms with Gasteiger partial charge in [0.15, 0.2) is 0 Å². The molecule has 2 heterocycles. The summed E-state index contributed by atoms with van der Waals surface area (Å²) in [6.45, 7) is 4.81. The first kappa shape index (κ1) is 15.2. The number of hydrogen-bond acceptors (Lipinski definition) is 8. The summed E-state index contributed by atoms with van der Waals surface area (Å²) >= 11 is 0. The molecule has 1 aliphatic rings. The van der Waals surface area contributed by atoms with Crippen LogP contribution in [-0.4, -0.2) is 40.1 Å². The predicted octanol–water partition coefficient (Wildman–Crippen LogP) is -0.354. The van der Waals surface area contributed by atoms with Crippen molar-refractivity contribution in [2.24, 2.45) is 17.5 Å². The van der Waals surface area contributed by atoms with Crippen LogP contribution in [-0.2, 0) is 4.79 Å². The molecule has 1 amide bonds. The maximum atomic E-state index is 11.4. The lowest BCUT2D eigenvalue weighted by atomic mass is 9.93. The van der Waals surface area contributed by atoms with Crippen LogP contribution in [0, 0.1) is 5.92 Å². The van der Waals surface area contributed by atoms with Gasteiger partial charge in [0.1, 0.15) is 0 Å². The highest BCUT2D eigenvalue weighted by Crippen LogP contribution is 2.26. The molecule has 9 nitrogen and oxygen atoms in total. The Labute approximate surface area is 123 Å². The largest absolute Gasteiger partial charge is 0.464 e. The molecule has 1 aliphatic heterocycles. The Bertz CT molecular complexity index is 510. The maximum absolute atomic E-state index is 11.4. The lowest BCUT2D eigenvalue weighted by Crippen LogP contribution is -2.46. The van der Waals surface area contributed by atoms with E-state index in [0.717, 1.165) is 12.8 Å². The quantitative estimate of drug-likeness (QED) is 0.496. The molecule has 2 unspecified atom stereocenters. The molecule has 21 heavy (non-hydrogen) atoms. The van der Waals surface area contributed by atoms with Crippen molar-refractivity contribution < 1.29 is 9.53 Å². The first-order valence-corrected chi connectivity index (χ1v) is 6.96. The van der Waals surface area contributed by atoms with Gasteiger partial charge in [0, 0.05) is 12.6 Å². The fraction of sp³-hybridized carbons (Fsp3) is 0.667. The third kappa shape index (κ3) is 3.48. The van der Waals surface area contributed by atoms with Crippen molar-refractivity contribution in [2.45, 2.75) is 32.7 Å². The highest BCUT2D eigenvalue weighted by atomic mass is 16.5. The summed E-state index contributed by atoms with van der Waals surface area (Å²) in [5.41, 5.74) is 7.80. The molecule has 2 atom stereocenters. The van der Waals surface area contributed by atoms with Crippen LogP contribution in [0.2, 0.25) is 0 Å². The summed E-state index contributed by atoms with van der Waals surface area (Å²) in [4.78, 5) is 25.9. The number of hydrogen-bond donors (Lipinski definition) is 3. The van der Waals surface area contributed by atoms with E-state index in [1.807, 2.05) is 11.8 Å². The Hall–Kier alpha value is -2.16. The van der Waals surface area contributed by atoms with Crippen molar-refractivity contribution in [2.75, 3.05) is 23.5 Å². The van der Waals surface area contributed by atoms with E-state index in [1.165, 1.54) is 0 Å². The molecule has 1 saturated heterocycles. The highest BCUT2D eigenvalue weighted by molar-refractivity contribution is 5.77. The summed E-state index contributed by atoms with van der Waals surface area (Å²) in [5.74, 6) is 5.51. The molecule has 1 fully saturated rings. The summed E-state index contributed by atoms with van der Waals surface area (Å²) in [6.07, 6.45) is 1.62. The number of anilines is 2. The van der Waals surface area contributed by atoms with Crippen LogP contribution in [0.15, 0.2) is 0 Å². The minimum atomic E-state index is -0.303. The van der Waals surface area contributed by atoms with E-state index in [-0.39, 0.29) is 29.8 Å². The van der Waals surface area contributed by atoms with Crippen molar-refractivity contribution >= 4 is 17.8 Å². The zero-order chi connectivity index (χ0) is 15.4. The number of piperidine rings is 1. The molecular formula is C12H21N7O2. The molecule has 5 N–H and O–H groups in total. The van der Waals surface area contributed by atoms with Crippen molar-refractivity contribution in [3.8, 4) is 6.01 Å². The molecule has 2 rings (SSSR count). The number of carbonyl (C=O) groups is 1. The van der Waals surface area contributed by atoms with Gasteiger partial charge < -0.3 is 15.4 Å². The van der Waals surface area contributed by atoms with Crippen LogP contribution < -0.4 is 26.6 Å². The summed E-state index contributed by atoms with van der Waals surface area (Å²) in [7, 11) is 0. The Morgan fingerprint density at radius 1 is 1.43 bits per heavy atom.